The second-order valence-electron chi connectivity index (χ2n) is 3.48. The number of Topliss-reactive ketones (excluding diaryl/α,β-unsaturated/α-hetero) is 1. The van der Waals surface area contributed by atoms with Gasteiger partial charge in [-0.25, -0.2) is 0 Å². The molecule has 0 saturated heterocycles. The van der Waals surface area contributed by atoms with E-state index in [0.29, 0.717) is 11.3 Å². The largest absolute Gasteiger partial charge is 0.497 e. The number of carbonyl (C=O) groups is 1. The van der Waals surface area contributed by atoms with Crippen LogP contribution in [0.25, 0.3) is 10.4 Å². The average molecular weight is 235 g/mol. The fourth-order valence-corrected chi connectivity index (χ4v) is 1.35. The molecule has 0 spiro atoms. The lowest BCUT2D eigenvalue weighted by atomic mass is 10.0. The monoisotopic (exact) mass is 235 g/mol. The first-order chi connectivity index (χ1) is 8.10. The van der Waals surface area contributed by atoms with Crippen molar-refractivity contribution in [3.63, 3.8) is 0 Å². The zero-order chi connectivity index (χ0) is 12.8. The molecule has 90 valence electrons. The predicted molar refractivity (Wildman–Crippen MR) is 61.9 cm³/mol. The maximum atomic E-state index is 11.9. The highest BCUT2D eigenvalue weighted by atomic mass is 16.5. The molecule has 1 N–H and O–H groups in total. The first-order valence-corrected chi connectivity index (χ1v) is 5.00. The van der Waals surface area contributed by atoms with Crippen molar-refractivity contribution in [1.82, 2.24) is 0 Å². The van der Waals surface area contributed by atoms with Crippen LogP contribution in [0.2, 0.25) is 0 Å². The standard InChI is InChI=1S/C11H13N3O3/c1-7(15)10(13-14-12)11(16)8-3-5-9(17-2)6-4-8/h3-7,10,15H,1-2H3/t7-,10-/m1/s1. The fourth-order valence-electron chi connectivity index (χ4n) is 1.35. The predicted octanol–water partition coefficient (Wildman–Crippen LogP) is 1.94. The molecule has 0 fully saturated rings. The number of rotatable bonds is 5. The van der Waals surface area contributed by atoms with Gasteiger partial charge in [0.05, 0.1) is 13.2 Å². The Bertz CT molecular complexity index is 436. The molecule has 6 heteroatoms. The Labute approximate surface area is 98.5 Å². The van der Waals surface area contributed by atoms with Crippen LogP contribution in [-0.4, -0.2) is 30.1 Å². The van der Waals surface area contributed by atoms with Crippen LogP contribution in [-0.2, 0) is 0 Å². The fraction of sp³-hybridized carbons (Fsp3) is 0.364. The molecule has 17 heavy (non-hydrogen) atoms. The van der Waals surface area contributed by atoms with Crippen molar-refractivity contribution in [1.29, 1.82) is 0 Å². The Morgan fingerprint density at radius 1 is 1.47 bits per heavy atom. The number of hydrogen-bond donors (Lipinski definition) is 1. The van der Waals surface area contributed by atoms with Gasteiger partial charge in [0.2, 0.25) is 0 Å². The van der Waals surface area contributed by atoms with E-state index in [2.05, 4.69) is 10.0 Å². The number of hydrogen-bond acceptors (Lipinski definition) is 4. The Balaban J connectivity index is 2.97. The highest BCUT2D eigenvalue weighted by Gasteiger charge is 2.23. The summed E-state index contributed by atoms with van der Waals surface area (Å²) in [7, 11) is 1.52. The number of aliphatic hydroxyl groups excluding tert-OH is 1. The average Bonchev–Trinajstić information content (AvgIpc) is 2.35. The van der Waals surface area contributed by atoms with Crippen LogP contribution in [0.1, 0.15) is 17.3 Å². The lowest BCUT2D eigenvalue weighted by Gasteiger charge is -2.12. The van der Waals surface area contributed by atoms with Crippen LogP contribution in [0.4, 0.5) is 0 Å². The minimum atomic E-state index is -1.10. The number of benzene rings is 1. The van der Waals surface area contributed by atoms with Crippen LogP contribution in [0.5, 0.6) is 5.75 Å². The van der Waals surface area contributed by atoms with Crippen molar-refractivity contribution in [2.45, 2.75) is 19.1 Å². The Hall–Kier alpha value is -2.04. The smallest absolute Gasteiger partial charge is 0.174 e. The molecule has 0 aromatic heterocycles. The van der Waals surface area contributed by atoms with Crippen LogP contribution < -0.4 is 4.74 Å². The van der Waals surface area contributed by atoms with Crippen molar-refractivity contribution in [3.05, 3.63) is 40.3 Å². The molecule has 2 atom stereocenters. The van der Waals surface area contributed by atoms with Gasteiger partial charge in [0.15, 0.2) is 5.78 Å². The molecule has 0 aliphatic carbocycles. The van der Waals surface area contributed by atoms with Crippen LogP contribution in [0, 0.1) is 0 Å². The van der Waals surface area contributed by atoms with Gasteiger partial charge >= 0.3 is 0 Å². The molecular weight excluding hydrogens is 222 g/mol. The third kappa shape index (κ3) is 3.21. The van der Waals surface area contributed by atoms with Crippen molar-refractivity contribution in [3.8, 4) is 5.75 Å². The summed E-state index contributed by atoms with van der Waals surface area (Å²) in [6, 6.07) is 5.27. The Morgan fingerprint density at radius 3 is 2.47 bits per heavy atom. The molecule has 0 radical (unpaired) electrons. The summed E-state index contributed by atoms with van der Waals surface area (Å²) < 4.78 is 4.96. The van der Waals surface area contributed by atoms with Crippen LogP contribution in [0.15, 0.2) is 29.4 Å². The maximum absolute atomic E-state index is 11.9. The van der Waals surface area contributed by atoms with E-state index in [0.717, 1.165) is 0 Å². The molecular formula is C11H13N3O3. The van der Waals surface area contributed by atoms with Crippen molar-refractivity contribution in [2.24, 2.45) is 5.11 Å². The highest BCUT2D eigenvalue weighted by Crippen LogP contribution is 2.15. The number of carbonyl (C=O) groups excluding carboxylic acids is 1. The van der Waals surface area contributed by atoms with Gasteiger partial charge in [-0.1, -0.05) is 5.11 Å². The lowest BCUT2D eigenvalue weighted by molar-refractivity contribution is 0.0848. The second kappa shape index (κ2) is 5.89. The second-order valence-corrected chi connectivity index (χ2v) is 3.48. The molecule has 0 amide bonds. The van der Waals surface area contributed by atoms with Crippen molar-refractivity contribution < 1.29 is 14.6 Å². The minimum Gasteiger partial charge on any atom is -0.497 e. The summed E-state index contributed by atoms with van der Waals surface area (Å²) in [6.07, 6.45) is -1.03. The summed E-state index contributed by atoms with van der Waals surface area (Å²) in [6.45, 7) is 1.40. The van der Waals surface area contributed by atoms with E-state index in [-0.39, 0.29) is 0 Å². The van der Waals surface area contributed by atoms with Gasteiger partial charge in [0.1, 0.15) is 11.8 Å². The van der Waals surface area contributed by atoms with Crippen molar-refractivity contribution >= 4 is 5.78 Å². The molecule has 0 heterocycles. The first kappa shape index (κ1) is 13.0. The number of ketones is 1. The number of nitrogens with zero attached hydrogens (tertiary/aromatic N) is 3. The van der Waals surface area contributed by atoms with E-state index < -0.39 is 17.9 Å². The maximum Gasteiger partial charge on any atom is 0.174 e. The van der Waals surface area contributed by atoms with E-state index in [1.165, 1.54) is 14.0 Å². The minimum absolute atomic E-state index is 0.365. The third-order valence-electron chi connectivity index (χ3n) is 2.28. The molecule has 0 bridgehead atoms. The molecule has 0 saturated carbocycles. The topological polar surface area (TPSA) is 95.3 Å². The lowest BCUT2D eigenvalue weighted by Crippen LogP contribution is -2.29. The highest BCUT2D eigenvalue weighted by molar-refractivity contribution is 6.00. The summed E-state index contributed by atoms with van der Waals surface area (Å²) in [5.74, 6) is 0.208. The van der Waals surface area contributed by atoms with Gasteiger partial charge in [-0.3, -0.25) is 4.79 Å². The summed E-state index contributed by atoms with van der Waals surface area (Å²) >= 11 is 0. The summed E-state index contributed by atoms with van der Waals surface area (Å²) in [5, 5.41) is 12.7. The molecule has 1 aromatic rings. The first-order valence-electron chi connectivity index (χ1n) is 5.00. The van der Waals surface area contributed by atoms with E-state index in [1.54, 1.807) is 24.3 Å². The van der Waals surface area contributed by atoms with E-state index in [9.17, 15) is 9.90 Å². The zero-order valence-electron chi connectivity index (χ0n) is 9.57. The van der Waals surface area contributed by atoms with Gasteiger partial charge in [0.25, 0.3) is 0 Å². The summed E-state index contributed by atoms with van der Waals surface area (Å²) in [5.41, 5.74) is 8.70. The number of ether oxygens (including phenoxy) is 1. The summed E-state index contributed by atoms with van der Waals surface area (Å²) in [4.78, 5) is 14.5. The molecule has 1 aromatic carbocycles. The molecule has 1 rings (SSSR count). The number of methoxy groups -OCH3 is 1. The third-order valence-corrected chi connectivity index (χ3v) is 2.28. The molecule has 0 aliphatic heterocycles. The van der Waals surface area contributed by atoms with Crippen LogP contribution >= 0.6 is 0 Å². The van der Waals surface area contributed by atoms with Gasteiger partial charge in [-0.05, 0) is 36.7 Å². The number of aliphatic hydroxyl groups is 1. The van der Waals surface area contributed by atoms with E-state index >= 15 is 0 Å². The quantitative estimate of drug-likeness (QED) is 0.365. The Morgan fingerprint density at radius 2 is 2.06 bits per heavy atom. The molecule has 6 nitrogen and oxygen atoms in total. The van der Waals surface area contributed by atoms with Crippen molar-refractivity contribution in [2.75, 3.05) is 7.11 Å². The normalized spacial score (nSPS) is 13.4. The SMILES string of the molecule is COc1ccc(C(=O)[C@H](N=[N+]=[N-])[C@@H](C)O)cc1. The van der Waals surface area contributed by atoms with Gasteiger partial charge < -0.3 is 9.84 Å². The molecule has 0 unspecified atom stereocenters. The number of azide groups is 1. The molecule has 0 aliphatic rings. The van der Waals surface area contributed by atoms with Gasteiger partial charge in [-0.2, -0.15) is 0 Å². The van der Waals surface area contributed by atoms with Gasteiger partial charge in [0, 0.05) is 10.5 Å². The van der Waals surface area contributed by atoms with Gasteiger partial charge in [-0.15, -0.1) is 0 Å². The zero-order valence-corrected chi connectivity index (χ0v) is 9.57. The van der Waals surface area contributed by atoms with E-state index in [1.807, 2.05) is 0 Å². The Kier molecular flexibility index (Phi) is 4.51. The van der Waals surface area contributed by atoms with E-state index in [4.69, 9.17) is 10.3 Å². The van der Waals surface area contributed by atoms with Crippen LogP contribution in [0.3, 0.4) is 0 Å².